The lowest BCUT2D eigenvalue weighted by Crippen LogP contribution is -2.28. The summed E-state index contributed by atoms with van der Waals surface area (Å²) in [4.78, 5) is 24.0. The van der Waals surface area contributed by atoms with Crippen LogP contribution in [0.4, 0.5) is 0 Å². The van der Waals surface area contributed by atoms with E-state index in [1.165, 1.54) is 89.9 Å². The number of unbranched alkanes of at least 4 members (excludes halogenated alkanes) is 17. The summed E-state index contributed by atoms with van der Waals surface area (Å²) in [5, 5.41) is 9.46. The van der Waals surface area contributed by atoms with Crippen LogP contribution in [0.5, 0.6) is 0 Å². The highest BCUT2D eigenvalue weighted by atomic mass is 16.6. The van der Waals surface area contributed by atoms with Crippen LogP contribution in [0, 0.1) is 5.92 Å². The lowest BCUT2D eigenvalue weighted by molar-refractivity contribution is -0.161. The van der Waals surface area contributed by atoms with Crippen molar-refractivity contribution in [1.29, 1.82) is 0 Å². The monoisotopic (exact) mass is 512 g/mol. The van der Waals surface area contributed by atoms with Gasteiger partial charge in [0.15, 0.2) is 6.10 Å². The Kier molecular flexibility index (Phi) is 26.1. The molecule has 0 spiro atoms. The number of carbonyl (C=O) groups is 2. The van der Waals surface area contributed by atoms with Crippen LogP contribution in [0.1, 0.15) is 162 Å². The van der Waals surface area contributed by atoms with Crippen molar-refractivity contribution in [3.05, 3.63) is 0 Å². The Morgan fingerprint density at radius 1 is 0.611 bits per heavy atom. The van der Waals surface area contributed by atoms with Crippen molar-refractivity contribution < 1.29 is 24.2 Å². The summed E-state index contributed by atoms with van der Waals surface area (Å²) in [6.07, 6.45) is 24.4. The highest BCUT2D eigenvalue weighted by molar-refractivity contribution is 5.70. The standard InChI is InChI=1S/C31H60O5/c1-4-5-6-7-8-9-10-11-15-18-21-24-30(33)35-27-29(26-32)36-31(34)25-22-19-16-13-12-14-17-20-23-28(2)3/h28-29,32H,4-27H2,1-3H3/t29-/m0/s1. The Morgan fingerprint density at radius 3 is 1.47 bits per heavy atom. The zero-order valence-electron chi connectivity index (χ0n) is 24.2. The first-order chi connectivity index (χ1) is 17.5. The number of esters is 2. The zero-order chi connectivity index (χ0) is 26.7. The number of aliphatic hydroxyl groups excluding tert-OH is 1. The minimum Gasteiger partial charge on any atom is -0.462 e. The van der Waals surface area contributed by atoms with Gasteiger partial charge in [-0.3, -0.25) is 9.59 Å². The molecule has 0 radical (unpaired) electrons. The molecule has 0 unspecified atom stereocenters. The minimum absolute atomic E-state index is 0.0596. The molecule has 214 valence electrons. The van der Waals surface area contributed by atoms with Gasteiger partial charge >= 0.3 is 11.9 Å². The molecule has 5 nitrogen and oxygen atoms in total. The molecule has 36 heavy (non-hydrogen) atoms. The van der Waals surface area contributed by atoms with Crippen molar-refractivity contribution in [2.24, 2.45) is 5.92 Å². The van der Waals surface area contributed by atoms with Gasteiger partial charge < -0.3 is 14.6 Å². The summed E-state index contributed by atoms with van der Waals surface area (Å²) < 4.78 is 10.5. The van der Waals surface area contributed by atoms with Crippen molar-refractivity contribution >= 4 is 11.9 Å². The molecule has 0 aliphatic heterocycles. The maximum absolute atomic E-state index is 12.0. The van der Waals surface area contributed by atoms with Gasteiger partial charge in [-0.25, -0.2) is 0 Å². The second kappa shape index (κ2) is 26.9. The Morgan fingerprint density at radius 2 is 1.03 bits per heavy atom. The van der Waals surface area contributed by atoms with Crippen LogP contribution in [0.2, 0.25) is 0 Å². The molecule has 0 heterocycles. The maximum Gasteiger partial charge on any atom is 0.306 e. The Labute approximate surface area is 223 Å². The number of carbonyl (C=O) groups excluding carboxylic acids is 2. The predicted molar refractivity (Wildman–Crippen MR) is 150 cm³/mol. The van der Waals surface area contributed by atoms with E-state index in [0.717, 1.165) is 44.4 Å². The van der Waals surface area contributed by atoms with Crippen molar-refractivity contribution in [2.45, 2.75) is 168 Å². The highest BCUT2D eigenvalue weighted by Crippen LogP contribution is 2.14. The molecule has 0 aromatic heterocycles. The summed E-state index contributed by atoms with van der Waals surface area (Å²) in [5.74, 6) is 0.218. The molecule has 0 amide bonds. The average molecular weight is 513 g/mol. The highest BCUT2D eigenvalue weighted by Gasteiger charge is 2.16. The van der Waals surface area contributed by atoms with E-state index in [0.29, 0.717) is 12.8 Å². The van der Waals surface area contributed by atoms with Crippen molar-refractivity contribution in [2.75, 3.05) is 13.2 Å². The van der Waals surface area contributed by atoms with Crippen molar-refractivity contribution in [1.82, 2.24) is 0 Å². The van der Waals surface area contributed by atoms with Crippen LogP contribution < -0.4 is 0 Å². The Hall–Kier alpha value is -1.10. The van der Waals surface area contributed by atoms with Gasteiger partial charge in [0.2, 0.25) is 0 Å². The molecule has 0 bridgehead atoms. The van der Waals surface area contributed by atoms with E-state index in [2.05, 4.69) is 20.8 Å². The summed E-state index contributed by atoms with van der Waals surface area (Å²) in [6, 6.07) is 0. The Bertz CT molecular complexity index is 491. The number of ether oxygens (including phenoxy) is 2. The van der Waals surface area contributed by atoms with Gasteiger partial charge in [0.25, 0.3) is 0 Å². The van der Waals surface area contributed by atoms with E-state index in [9.17, 15) is 14.7 Å². The van der Waals surface area contributed by atoms with Crippen LogP contribution in [0.15, 0.2) is 0 Å². The normalized spacial score (nSPS) is 12.1. The number of rotatable bonds is 27. The first-order valence-electron chi connectivity index (χ1n) is 15.5. The molecule has 0 aliphatic carbocycles. The van der Waals surface area contributed by atoms with Gasteiger partial charge in [0.1, 0.15) is 6.61 Å². The molecule has 0 aromatic carbocycles. The molecular weight excluding hydrogens is 452 g/mol. The van der Waals surface area contributed by atoms with E-state index < -0.39 is 6.10 Å². The second-order valence-corrected chi connectivity index (χ2v) is 11.0. The second-order valence-electron chi connectivity index (χ2n) is 11.0. The van der Waals surface area contributed by atoms with Gasteiger partial charge in [-0.1, -0.05) is 136 Å². The van der Waals surface area contributed by atoms with Gasteiger partial charge in [-0.05, 0) is 18.8 Å². The molecule has 0 aliphatic rings. The maximum atomic E-state index is 12.0. The van der Waals surface area contributed by atoms with Crippen molar-refractivity contribution in [3.63, 3.8) is 0 Å². The molecule has 0 rings (SSSR count). The first-order valence-corrected chi connectivity index (χ1v) is 15.5. The molecule has 0 saturated heterocycles. The number of aliphatic hydroxyl groups is 1. The van der Waals surface area contributed by atoms with Crippen LogP contribution in [-0.4, -0.2) is 36.4 Å². The third-order valence-corrected chi connectivity index (χ3v) is 6.83. The lowest BCUT2D eigenvalue weighted by Gasteiger charge is -2.15. The van der Waals surface area contributed by atoms with Crippen LogP contribution in [0.25, 0.3) is 0 Å². The fourth-order valence-corrected chi connectivity index (χ4v) is 4.44. The molecule has 0 fully saturated rings. The lowest BCUT2D eigenvalue weighted by atomic mass is 10.0. The molecule has 5 heteroatoms. The van der Waals surface area contributed by atoms with Gasteiger partial charge in [-0.2, -0.15) is 0 Å². The largest absolute Gasteiger partial charge is 0.462 e. The van der Waals surface area contributed by atoms with Gasteiger partial charge in [0.05, 0.1) is 6.61 Å². The molecule has 0 aromatic rings. The van der Waals surface area contributed by atoms with Crippen LogP contribution in [0.3, 0.4) is 0 Å². The predicted octanol–water partition coefficient (Wildman–Crippen LogP) is 8.69. The van der Waals surface area contributed by atoms with E-state index in [1.54, 1.807) is 0 Å². The third kappa shape index (κ3) is 26.0. The smallest absolute Gasteiger partial charge is 0.306 e. The molecule has 1 N–H and O–H groups in total. The fraction of sp³-hybridized carbons (Fsp3) is 0.935. The summed E-state index contributed by atoms with van der Waals surface area (Å²) in [6.45, 7) is 6.42. The summed E-state index contributed by atoms with van der Waals surface area (Å²) >= 11 is 0. The minimum atomic E-state index is -0.760. The Balaban J connectivity index is 3.58. The molecule has 1 atom stereocenters. The average Bonchev–Trinajstić information content (AvgIpc) is 2.85. The number of hydrogen-bond donors (Lipinski definition) is 1. The zero-order valence-corrected chi connectivity index (χ0v) is 24.2. The van der Waals surface area contributed by atoms with Crippen molar-refractivity contribution in [3.8, 4) is 0 Å². The topological polar surface area (TPSA) is 72.8 Å². The molecular formula is C31H60O5. The van der Waals surface area contributed by atoms with Crippen LogP contribution >= 0.6 is 0 Å². The molecule has 0 saturated carbocycles. The third-order valence-electron chi connectivity index (χ3n) is 6.83. The van der Waals surface area contributed by atoms with E-state index in [4.69, 9.17) is 9.47 Å². The van der Waals surface area contributed by atoms with E-state index in [-0.39, 0.29) is 25.2 Å². The van der Waals surface area contributed by atoms with E-state index >= 15 is 0 Å². The first kappa shape index (κ1) is 34.9. The summed E-state index contributed by atoms with van der Waals surface area (Å²) in [7, 11) is 0. The van der Waals surface area contributed by atoms with Crippen LogP contribution in [-0.2, 0) is 19.1 Å². The van der Waals surface area contributed by atoms with E-state index in [1.807, 2.05) is 0 Å². The summed E-state index contributed by atoms with van der Waals surface area (Å²) in [5.41, 5.74) is 0. The van der Waals surface area contributed by atoms with Gasteiger partial charge in [-0.15, -0.1) is 0 Å². The fourth-order valence-electron chi connectivity index (χ4n) is 4.44. The van der Waals surface area contributed by atoms with Gasteiger partial charge in [0, 0.05) is 12.8 Å². The SMILES string of the molecule is CCCCCCCCCCCCCC(=O)OC[C@H](CO)OC(=O)CCCCCCCCCCC(C)C. The number of hydrogen-bond acceptors (Lipinski definition) is 5. The quantitative estimate of drug-likeness (QED) is 0.0880.